The normalized spacial score (nSPS) is 10.5. The summed E-state index contributed by atoms with van der Waals surface area (Å²) in [5, 5.41) is 4.60. The molecule has 0 bridgehead atoms. The Kier molecular flexibility index (Phi) is 4.73. The summed E-state index contributed by atoms with van der Waals surface area (Å²) in [6.45, 7) is 0.549. The topological polar surface area (TPSA) is 51.5 Å². The summed E-state index contributed by atoms with van der Waals surface area (Å²) < 4.78 is 24.0. The van der Waals surface area contributed by atoms with Gasteiger partial charge in [0.1, 0.15) is 12.4 Å². The van der Waals surface area contributed by atoms with Crippen molar-refractivity contribution in [1.82, 2.24) is 5.32 Å². The van der Waals surface area contributed by atoms with Gasteiger partial charge in [-0.05, 0) is 35.7 Å². The number of carbonyl (C=O) groups is 1. The van der Waals surface area contributed by atoms with Gasteiger partial charge in [-0.15, -0.1) is 11.3 Å². The summed E-state index contributed by atoms with van der Waals surface area (Å²) in [7, 11) is 0. The van der Waals surface area contributed by atoms with Gasteiger partial charge in [0.05, 0.1) is 17.7 Å². The van der Waals surface area contributed by atoms with Crippen LogP contribution in [0.2, 0.25) is 0 Å². The van der Waals surface area contributed by atoms with Crippen LogP contribution in [-0.4, -0.2) is 5.91 Å². The fraction of sp³-hybridized carbons (Fsp3) is 0.118. The van der Waals surface area contributed by atoms with E-state index in [1.54, 1.807) is 42.7 Å². The number of furan rings is 1. The van der Waals surface area contributed by atoms with E-state index >= 15 is 0 Å². The van der Waals surface area contributed by atoms with Crippen LogP contribution in [0.4, 0.5) is 4.39 Å². The molecule has 0 aliphatic carbocycles. The maximum atomic E-state index is 13.5. The molecule has 118 valence electrons. The van der Waals surface area contributed by atoms with Gasteiger partial charge in [0.2, 0.25) is 0 Å². The van der Waals surface area contributed by atoms with E-state index in [0.717, 1.165) is 5.56 Å². The quantitative estimate of drug-likeness (QED) is 0.743. The molecule has 0 radical (unpaired) electrons. The number of benzene rings is 1. The fourth-order valence-corrected chi connectivity index (χ4v) is 2.77. The van der Waals surface area contributed by atoms with Crippen molar-refractivity contribution in [3.05, 3.63) is 76.1 Å². The smallest absolute Gasteiger partial charge is 0.261 e. The third-order valence-electron chi connectivity index (χ3n) is 3.11. The van der Waals surface area contributed by atoms with Crippen molar-refractivity contribution in [2.45, 2.75) is 13.2 Å². The van der Waals surface area contributed by atoms with E-state index in [9.17, 15) is 9.18 Å². The molecule has 0 saturated heterocycles. The van der Waals surface area contributed by atoms with Gasteiger partial charge in [-0.25, -0.2) is 4.39 Å². The molecular formula is C17H14FNO3S. The van der Waals surface area contributed by atoms with E-state index < -0.39 is 5.82 Å². The van der Waals surface area contributed by atoms with E-state index in [1.807, 2.05) is 5.38 Å². The van der Waals surface area contributed by atoms with Gasteiger partial charge in [0.25, 0.3) is 5.91 Å². The standard InChI is InChI=1S/C17H14FNO3S/c18-14-5-1-2-6-15(14)22-10-12-8-16(23-11-12)17(20)19-9-13-4-3-7-21-13/h1-8,11H,9-10H2,(H,19,20). The highest BCUT2D eigenvalue weighted by Crippen LogP contribution is 2.20. The Hall–Kier alpha value is -2.60. The van der Waals surface area contributed by atoms with Crippen molar-refractivity contribution in [2.24, 2.45) is 0 Å². The lowest BCUT2D eigenvalue weighted by Gasteiger charge is -2.05. The number of hydrogen-bond acceptors (Lipinski definition) is 4. The number of thiophene rings is 1. The first-order valence-corrected chi connectivity index (χ1v) is 7.85. The highest BCUT2D eigenvalue weighted by Gasteiger charge is 2.10. The van der Waals surface area contributed by atoms with Gasteiger partial charge < -0.3 is 14.5 Å². The first kappa shape index (κ1) is 15.3. The minimum atomic E-state index is -0.404. The molecule has 4 nitrogen and oxygen atoms in total. The molecule has 23 heavy (non-hydrogen) atoms. The van der Waals surface area contributed by atoms with E-state index in [1.165, 1.54) is 17.4 Å². The van der Waals surface area contributed by atoms with Gasteiger partial charge in [-0.3, -0.25) is 4.79 Å². The number of amides is 1. The van der Waals surface area contributed by atoms with E-state index in [4.69, 9.17) is 9.15 Å². The molecule has 3 aromatic rings. The van der Waals surface area contributed by atoms with Crippen LogP contribution < -0.4 is 10.1 Å². The molecule has 3 rings (SSSR count). The van der Waals surface area contributed by atoms with Crippen LogP contribution in [0.3, 0.4) is 0 Å². The Labute approximate surface area is 136 Å². The van der Waals surface area contributed by atoms with Crippen molar-refractivity contribution in [3.8, 4) is 5.75 Å². The van der Waals surface area contributed by atoms with Crippen LogP contribution in [0.15, 0.2) is 58.5 Å². The molecule has 0 aliphatic heterocycles. The van der Waals surface area contributed by atoms with Gasteiger partial charge in [0.15, 0.2) is 11.6 Å². The Morgan fingerprint density at radius 2 is 2.13 bits per heavy atom. The van der Waals surface area contributed by atoms with Crippen LogP contribution in [-0.2, 0) is 13.2 Å². The lowest BCUT2D eigenvalue weighted by molar-refractivity contribution is 0.0952. The Balaban J connectivity index is 1.55. The number of ether oxygens (including phenoxy) is 1. The molecule has 0 fully saturated rings. The molecule has 0 aliphatic rings. The lowest BCUT2D eigenvalue weighted by Crippen LogP contribution is -2.21. The van der Waals surface area contributed by atoms with Crippen LogP contribution in [0.5, 0.6) is 5.75 Å². The van der Waals surface area contributed by atoms with Crippen LogP contribution in [0, 0.1) is 5.82 Å². The molecular weight excluding hydrogens is 317 g/mol. The van der Waals surface area contributed by atoms with E-state index in [2.05, 4.69) is 5.32 Å². The molecule has 0 saturated carbocycles. The SMILES string of the molecule is O=C(NCc1ccco1)c1cc(COc2ccccc2F)cs1. The summed E-state index contributed by atoms with van der Waals surface area (Å²) in [6.07, 6.45) is 1.56. The number of hydrogen-bond donors (Lipinski definition) is 1. The van der Waals surface area contributed by atoms with Gasteiger partial charge in [-0.2, -0.15) is 0 Å². The average Bonchev–Trinajstić information content (AvgIpc) is 3.23. The summed E-state index contributed by atoms with van der Waals surface area (Å²) in [5.74, 6) is 0.309. The van der Waals surface area contributed by atoms with Crippen LogP contribution in [0.1, 0.15) is 21.0 Å². The molecule has 0 unspecified atom stereocenters. The van der Waals surface area contributed by atoms with Crippen LogP contribution in [0.25, 0.3) is 0 Å². The maximum Gasteiger partial charge on any atom is 0.261 e. The number of nitrogens with one attached hydrogen (secondary N) is 1. The molecule has 0 atom stereocenters. The second-order valence-electron chi connectivity index (χ2n) is 4.80. The van der Waals surface area contributed by atoms with Crippen molar-refractivity contribution in [2.75, 3.05) is 0 Å². The number of para-hydroxylation sites is 1. The number of carbonyl (C=O) groups excluding carboxylic acids is 1. The predicted molar refractivity (Wildman–Crippen MR) is 84.9 cm³/mol. The highest BCUT2D eigenvalue weighted by atomic mass is 32.1. The summed E-state index contributed by atoms with van der Waals surface area (Å²) in [5.41, 5.74) is 0.821. The number of rotatable bonds is 6. The summed E-state index contributed by atoms with van der Waals surface area (Å²) in [6, 6.07) is 11.5. The zero-order valence-electron chi connectivity index (χ0n) is 12.1. The van der Waals surface area contributed by atoms with Crippen molar-refractivity contribution >= 4 is 17.2 Å². The zero-order valence-corrected chi connectivity index (χ0v) is 12.9. The largest absolute Gasteiger partial charge is 0.486 e. The van der Waals surface area contributed by atoms with Crippen molar-refractivity contribution < 1.29 is 18.3 Å². The molecule has 2 aromatic heterocycles. The minimum Gasteiger partial charge on any atom is -0.486 e. The summed E-state index contributed by atoms with van der Waals surface area (Å²) >= 11 is 1.32. The van der Waals surface area contributed by atoms with Crippen molar-refractivity contribution in [3.63, 3.8) is 0 Å². The van der Waals surface area contributed by atoms with Gasteiger partial charge in [-0.1, -0.05) is 12.1 Å². The molecule has 1 amide bonds. The monoisotopic (exact) mass is 331 g/mol. The molecule has 1 aromatic carbocycles. The third-order valence-corrected chi connectivity index (χ3v) is 4.09. The zero-order chi connectivity index (χ0) is 16.1. The Bertz CT molecular complexity index is 783. The fourth-order valence-electron chi connectivity index (χ4n) is 1.96. The Morgan fingerprint density at radius 3 is 2.91 bits per heavy atom. The van der Waals surface area contributed by atoms with E-state index in [0.29, 0.717) is 17.2 Å². The lowest BCUT2D eigenvalue weighted by atomic mass is 10.3. The predicted octanol–water partition coefficient (Wildman–Crippen LogP) is 3.99. The van der Waals surface area contributed by atoms with Gasteiger partial charge >= 0.3 is 0 Å². The second-order valence-corrected chi connectivity index (χ2v) is 5.71. The molecule has 0 spiro atoms. The number of halogens is 1. The summed E-state index contributed by atoms with van der Waals surface area (Å²) in [4.78, 5) is 12.6. The van der Waals surface area contributed by atoms with E-state index in [-0.39, 0.29) is 18.3 Å². The Morgan fingerprint density at radius 1 is 1.26 bits per heavy atom. The van der Waals surface area contributed by atoms with Gasteiger partial charge in [0, 0.05) is 5.56 Å². The van der Waals surface area contributed by atoms with Crippen LogP contribution >= 0.6 is 11.3 Å². The maximum absolute atomic E-state index is 13.5. The first-order chi connectivity index (χ1) is 11.2. The first-order valence-electron chi connectivity index (χ1n) is 6.97. The molecule has 6 heteroatoms. The third kappa shape index (κ3) is 3.98. The minimum absolute atomic E-state index is 0.177. The molecule has 2 heterocycles. The highest BCUT2D eigenvalue weighted by molar-refractivity contribution is 7.12. The second kappa shape index (κ2) is 7.11. The average molecular weight is 331 g/mol. The molecule has 1 N–H and O–H groups in total. The van der Waals surface area contributed by atoms with Crippen molar-refractivity contribution in [1.29, 1.82) is 0 Å².